The summed E-state index contributed by atoms with van der Waals surface area (Å²) in [4.78, 5) is 0. The SMILES string of the molecule is [CH-]=CC=N.[CH3-].[Ir]. The molecule has 2 heteroatoms. The van der Waals surface area contributed by atoms with Gasteiger partial charge < -0.3 is 12.8 Å². The Morgan fingerprint density at radius 1 is 1.50 bits per heavy atom. The van der Waals surface area contributed by atoms with Crippen LogP contribution in [0.25, 0.3) is 0 Å². The molecule has 0 aliphatic heterocycles. The first-order valence-electron chi connectivity index (χ1n) is 0.955. The second-order valence-electron chi connectivity index (χ2n) is 0.359. The van der Waals surface area contributed by atoms with Gasteiger partial charge in [0, 0.05) is 20.1 Å². The molecule has 0 heterocycles. The Morgan fingerprint density at radius 2 is 1.67 bits per heavy atom. The van der Waals surface area contributed by atoms with Crippen LogP contribution in [0.5, 0.6) is 0 Å². The van der Waals surface area contributed by atoms with Crippen molar-refractivity contribution in [1.82, 2.24) is 0 Å². The summed E-state index contributed by atoms with van der Waals surface area (Å²) in [7, 11) is 0. The molecule has 0 aromatic rings. The van der Waals surface area contributed by atoms with E-state index in [0.717, 1.165) is 6.21 Å². The van der Waals surface area contributed by atoms with E-state index < -0.39 is 0 Å². The van der Waals surface area contributed by atoms with Crippen molar-refractivity contribution in [3.8, 4) is 0 Å². The molecule has 0 aromatic carbocycles. The number of allylic oxidation sites excluding steroid dienone is 1. The first-order chi connectivity index (χ1) is 1.91. The molecule has 0 saturated carbocycles. The van der Waals surface area contributed by atoms with Crippen LogP contribution in [0.3, 0.4) is 0 Å². The average Bonchev–Trinajstić information content (AvgIpc) is 1.37. The molecule has 0 rings (SSSR count). The van der Waals surface area contributed by atoms with Gasteiger partial charge in [0.1, 0.15) is 0 Å². The monoisotopic (exact) mass is 262 g/mol. The summed E-state index contributed by atoms with van der Waals surface area (Å²) in [5, 5.41) is 6.15. The smallest absolute Gasteiger partial charge is 0 e. The van der Waals surface area contributed by atoms with Gasteiger partial charge in [-0.05, 0) is 0 Å². The van der Waals surface area contributed by atoms with Gasteiger partial charge in [-0.2, -0.15) is 0 Å². The van der Waals surface area contributed by atoms with Gasteiger partial charge in [0.15, 0.2) is 0 Å². The predicted octanol–water partition coefficient (Wildman–Crippen LogP) is 1.07. The summed E-state index contributed by atoms with van der Waals surface area (Å²) in [6.45, 7) is 4.66. The molecule has 0 spiro atoms. The van der Waals surface area contributed by atoms with Crippen LogP contribution in [-0.4, -0.2) is 6.21 Å². The third-order valence-corrected chi connectivity index (χ3v) is 0.0962. The maximum atomic E-state index is 6.15. The largest absolute Gasteiger partial charge is 0.403 e. The number of rotatable bonds is 1. The first kappa shape index (κ1) is 16.6. The van der Waals surface area contributed by atoms with E-state index in [9.17, 15) is 0 Å². The molecular weight excluding hydrogens is 254 g/mol. The second kappa shape index (κ2) is 19.7. The molecule has 1 N–H and O–H groups in total. The van der Waals surface area contributed by atoms with E-state index in [1.54, 1.807) is 0 Å². The standard InChI is InChI=1S/C3H4N.CH3.Ir/c1-2-3-4;;/h1-4H;1H3;/q2*-1;. The minimum absolute atomic E-state index is 0. The van der Waals surface area contributed by atoms with Gasteiger partial charge >= 0.3 is 0 Å². The summed E-state index contributed by atoms with van der Waals surface area (Å²) in [5.74, 6) is 0. The molecule has 0 amide bonds. The van der Waals surface area contributed by atoms with E-state index in [4.69, 9.17) is 5.41 Å². The van der Waals surface area contributed by atoms with E-state index in [1.807, 2.05) is 0 Å². The van der Waals surface area contributed by atoms with E-state index in [1.165, 1.54) is 6.08 Å². The zero-order valence-electron chi connectivity index (χ0n) is 3.57. The number of hydrogen-bond donors (Lipinski definition) is 1. The molecule has 1 radical (unpaired) electrons. The number of nitrogens with one attached hydrogen (secondary N) is 1. The molecule has 0 bridgehead atoms. The van der Waals surface area contributed by atoms with E-state index in [-0.39, 0.29) is 27.5 Å². The Bertz CT molecular complexity index is 28.5. The van der Waals surface area contributed by atoms with Crippen molar-refractivity contribution in [3.63, 3.8) is 0 Å². The summed E-state index contributed by atoms with van der Waals surface area (Å²) in [5.41, 5.74) is 0. The first-order valence-corrected chi connectivity index (χ1v) is 0.955. The zero-order chi connectivity index (χ0) is 3.41. The van der Waals surface area contributed by atoms with E-state index in [0.29, 0.717) is 0 Å². The van der Waals surface area contributed by atoms with Crippen LogP contribution in [0.4, 0.5) is 0 Å². The summed E-state index contributed by atoms with van der Waals surface area (Å²) >= 11 is 0. The van der Waals surface area contributed by atoms with Gasteiger partial charge in [0.25, 0.3) is 0 Å². The molecular formula is C4H7IrN-2. The van der Waals surface area contributed by atoms with Crippen molar-refractivity contribution in [2.75, 3.05) is 0 Å². The third-order valence-electron chi connectivity index (χ3n) is 0.0962. The second-order valence-corrected chi connectivity index (χ2v) is 0.359. The molecule has 0 fully saturated rings. The van der Waals surface area contributed by atoms with Crippen LogP contribution in [0.2, 0.25) is 0 Å². The van der Waals surface area contributed by atoms with Crippen molar-refractivity contribution < 1.29 is 20.1 Å². The molecule has 0 aromatic heterocycles. The molecule has 0 atom stereocenters. The van der Waals surface area contributed by atoms with Crippen LogP contribution < -0.4 is 0 Å². The maximum Gasteiger partial charge on any atom is 0 e. The Morgan fingerprint density at radius 3 is 1.67 bits per heavy atom. The van der Waals surface area contributed by atoms with Gasteiger partial charge in [-0.25, -0.2) is 6.08 Å². The van der Waals surface area contributed by atoms with Crippen molar-refractivity contribution in [2.45, 2.75) is 0 Å². The third kappa shape index (κ3) is 33.9. The fraction of sp³-hybridized carbons (Fsp3) is 0. The van der Waals surface area contributed by atoms with Gasteiger partial charge in [-0.1, -0.05) is 0 Å². The van der Waals surface area contributed by atoms with Gasteiger partial charge in [0.2, 0.25) is 0 Å². The maximum absolute atomic E-state index is 6.15. The zero-order valence-corrected chi connectivity index (χ0v) is 5.96. The van der Waals surface area contributed by atoms with Crippen molar-refractivity contribution in [1.29, 1.82) is 5.41 Å². The molecule has 0 aliphatic rings. The van der Waals surface area contributed by atoms with Gasteiger partial charge in [-0.15, -0.1) is 6.21 Å². The molecule has 6 heavy (non-hydrogen) atoms. The van der Waals surface area contributed by atoms with E-state index >= 15 is 0 Å². The van der Waals surface area contributed by atoms with Gasteiger partial charge in [0.05, 0.1) is 0 Å². The normalized spacial score (nSPS) is 3.33. The van der Waals surface area contributed by atoms with Crippen molar-refractivity contribution >= 4 is 6.21 Å². The summed E-state index contributed by atoms with van der Waals surface area (Å²) in [6, 6.07) is 0. The van der Waals surface area contributed by atoms with Crippen molar-refractivity contribution in [2.24, 2.45) is 0 Å². The Hall–Kier alpha value is 0.0594. The van der Waals surface area contributed by atoms with Crippen LogP contribution >= 0.6 is 0 Å². The Labute approximate surface area is 52.3 Å². The minimum Gasteiger partial charge on any atom is -0.403 e. The quantitative estimate of drug-likeness (QED) is 0.539. The van der Waals surface area contributed by atoms with Gasteiger partial charge in [-0.3, -0.25) is 6.58 Å². The Kier molecular flexibility index (Phi) is 54.3. The molecule has 39 valence electrons. The minimum atomic E-state index is 0. The molecule has 0 aliphatic carbocycles. The van der Waals surface area contributed by atoms with Crippen LogP contribution in [0.15, 0.2) is 6.08 Å². The average molecular weight is 261 g/mol. The predicted molar refractivity (Wildman–Crippen MR) is 24.1 cm³/mol. The topological polar surface area (TPSA) is 23.9 Å². The molecule has 0 saturated heterocycles. The number of hydrogen-bond acceptors (Lipinski definition) is 1. The Balaban J connectivity index is -0.0000000450. The van der Waals surface area contributed by atoms with Crippen LogP contribution in [0.1, 0.15) is 0 Å². The summed E-state index contributed by atoms with van der Waals surface area (Å²) < 4.78 is 0. The summed E-state index contributed by atoms with van der Waals surface area (Å²) in [6.07, 6.45) is 2.19. The van der Waals surface area contributed by atoms with Crippen molar-refractivity contribution in [3.05, 3.63) is 20.1 Å². The fourth-order valence-electron chi connectivity index (χ4n) is 0. The molecule has 1 nitrogen and oxygen atoms in total. The molecule has 0 unspecified atom stereocenters. The van der Waals surface area contributed by atoms with Crippen LogP contribution in [0, 0.1) is 19.4 Å². The van der Waals surface area contributed by atoms with E-state index in [2.05, 4.69) is 6.58 Å². The van der Waals surface area contributed by atoms with Crippen LogP contribution in [-0.2, 0) is 20.1 Å². The fourth-order valence-corrected chi connectivity index (χ4v) is 0.